The number of carbonyl (C=O) groups is 2. The van der Waals surface area contributed by atoms with Gasteiger partial charge < -0.3 is 15.4 Å². The molecular formula is C16H16BrFN4O3. The molecule has 3 rings (SSSR count). The summed E-state index contributed by atoms with van der Waals surface area (Å²) in [5.74, 6) is -1.33. The number of ether oxygens (including phenoxy) is 1. The third-order valence-corrected chi connectivity index (χ3v) is 4.06. The first-order valence-corrected chi connectivity index (χ1v) is 8.54. The number of amides is 2. The molecule has 0 bridgehead atoms. The van der Waals surface area contributed by atoms with Crippen molar-refractivity contribution in [3.63, 3.8) is 0 Å². The van der Waals surface area contributed by atoms with Crippen LogP contribution in [0.15, 0.2) is 29.0 Å². The van der Waals surface area contributed by atoms with Crippen molar-refractivity contribution in [1.82, 2.24) is 15.1 Å². The van der Waals surface area contributed by atoms with E-state index in [1.807, 2.05) is 6.20 Å². The quantitative estimate of drug-likeness (QED) is 0.715. The first kappa shape index (κ1) is 17.4. The largest absolute Gasteiger partial charge is 0.481 e. The molecule has 7 nitrogen and oxygen atoms in total. The number of nitrogens with zero attached hydrogens (tertiary/aromatic N) is 2. The Morgan fingerprint density at radius 3 is 3.04 bits per heavy atom. The number of benzene rings is 1. The van der Waals surface area contributed by atoms with E-state index in [1.54, 1.807) is 10.9 Å². The summed E-state index contributed by atoms with van der Waals surface area (Å²) in [6, 6.07) is 2.40. The molecule has 0 aliphatic carbocycles. The lowest BCUT2D eigenvalue weighted by Crippen LogP contribution is -2.28. The first-order valence-electron chi connectivity index (χ1n) is 7.75. The third-order valence-electron chi connectivity index (χ3n) is 3.65. The molecule has 25 heavy (non-hydrogen) atoms. The monoisotopic (exact) mass is 410 g/mol. The van der Waals surface area contributed by atoms with E-state index in [-0.39, 0.29) is 23.8 Å². The van der Waals surface area contributed by atoms with Crippen molar-refractivity contribution in [1.29, 1.82) is 0 Å². The van der Waals surface area contributed by atoms with Crippen LogP contribution in [-0.2, 0) is 11.3 Å². The molecule has 2 amide bonds. The second-order valence-corrected chi connectivity index (χ2v) is 6.47. The van der Waals surface area contributed by atoms with Gasteiger partial charge in [0.25, 0.3) is 11.8 Å². The number of rotatable bonds is 6. The van der Waals surface area contributed by atoms with Crippen LogP contribution in [0.25, 0.3) is 0 Å². The number of halogens is 2. The van der Waals surface area contributed by atoms with E-state index in [4.69, 9.17) is 4.74 Å². The summed E-state index contributed by atoms with van der Waals surface area (Å²) in [5.41, 5.74) is 0.174. The Balaban J connectivity index is 1.51. The van der Waals surface area contributed by atoms with Crippen LogP contribution in [0.5, 0.6) is 5.75 Å². The summed E-state index contributed by atoms with van der Waals surface area (Å²) in [6.07, 6.45) is 5.14. The van der Waals surface area contributed by atoms with Gasteiger partial charge in [-0.2, -0.15) is 5.10 Å². The zero-order chi connectivity index (χ0) is 17.8. The molecule has 9 heteroatoms. The minimum atomic E-state index is -0.686. The number of anilines is 1. The van der Waals surface area contributed by atoms with Gasteiger partial charge in [-0.1, -0.05) is 0 Å². The van der Waals surface area contributed by atoms with Crippen molar-refractivity contribution >= 4 is 33.4 Å². The van der Waals surface area contributed by atoms with Crippen LogP contribution >= 0.6 is 15.9 Å². The lowest BCUT2D eigenvalue weighted by Gasteiger charge is -2.18. The summed E-state index contributed by atoms with van der Waals surface area (Å²) >= 11 is 3.33. The van der Waals surface area contributed by atoms with Crippen LogP contribution < -0.4 is 15.4 Å². The number of aromatic nitrogens is 2. The summed E-state index contributed by atoms with van der Waals surface area (Å²) < 4.78 is 21.9. The fraction of sp³-hybridized carbons (Fsp3) is 0.312. The highest BCUT2D eigenvalue weighted by atomic mass is 79.9. The topological polar surface area (TPSA) is 85.2 Å². The Labute approximate surface area is 151 Å². The van der Waals surface area contributed by atoms with Gasteiger partial charge in [0.15, 0.2) is 6.61 Å². The predicted octanol–water partition coefficient (Wildman–Crippen LogP) is 2.33. The van der Waals surface area contributed by atoms with Crippen molar-refractivity contribution in [3.8, 4) is 5.75 Å². The van der Waals surface area contributed by atoms with Crippen LogP contribution in [0, 0.1) is 5.82 Å². The van der Waals surface area contributed by atoms with Crippen LogP contribution in [0.2, 0.25) is 0 Å². The standard InChI is InChI=1S/C16H16BrFN4O3/c17-10-7-20-22(8-10)4-2-1-3-19-16(24)11-5-13-14(6-12(11)18)25-9-15(23)21-13/h5-8H,1-4,9H2,(H,19,24)(H,21,23). The summed E-state index contributed by atoms with van der Waals surface area (Å²) in [5, 5.41) is 9.37. The van der Waals surface area contributed by atoms with Gasteiger partial charge in [0.2, 0.25) is 0 Å². The number of fused-ring (bicyclic) bond motifs is 1. The van der Waals surface area contributed by atoms with E-state index >= 15 is 0 Å². The molecule has 0 spiro atoms. The average molecular weight is 411 g/mol. The number of nitrogens with one attached hydrogen (secondary N) is 2. The molecule has 2 N–H and O–H groups in total. The molecule has 1 aliphatic heterocycles. The summed E-state index contributed by atoms with van der Waals surface area (Å²) in [7, 11) is 0. The van der Waals surface area contributed by atoms with Crippen molar-refractivity contribution in [3.05, 3.63) is 40.4 Å². The van der Waals surface area contributed by atoms with Crippen molar-refractivity contribution < 1.29 is 18.7 Å². The fourth-order valence-corrected chi connectivity index (χ4v) is 2.76. The Morgan fingerprint density at radius 1 is 1.44 bits per heavy atom. The number of carbonyl (C=O) groups excluding carboxylic acids is 2. The summed E-state index contributed by atoms with van der Waals surface area (Å²) in [6.45, 7) is 0.990. The number of aryl methyl sites for hydroxylation is 1. The van der Waals surface area contributed by atoms with Gasteiger partial charge in [-0.05, 0) is 34.8 Å². The van der Waals surface area contributed by atoms with Crippen LogP contribution in [0.1, 0.15) is 23.2 Å². The molecule has 2 aromatic rings. The molecule has 0 fully saturated rings. The van der Waals surface area contributed by atoms with Crippen LogP contribution in [0.3, 0.4) is 0 Å². The van der Waals surface area contributed by atoms with E-state index in [9.17, 15) is 14.0 Å². The smallest absolute Gasteiger partial charge is 0.262 e. The molecule has 0 saturated carbocycles. The lowest BCUT2D eigenvalue weighted by molar-refractivity contribution is -0.118. The van der Waals surface area contributed by atoms with Gasteiger partial charge in [0.1, 0.15) is 11.6 Å². The molecule has 2 heterocycles. The minimum absolute atomic E-state index is 0.124. The normalized spacial score (nSPS) is 13.0. The van der Waals surface area contributed by atoms with E-state index < -0.39 is 11.7 Å². The highest BCUT2D eigenvalue weighted by molar-refractivity contribution is 9.10. The molecule has 1 aromatic heterocycles. The van der Waals surface area contributed by atoms with Gasteiger partial charge in [-0.3, -0.25) is 14.3 Å². The molecule has 0 radical (unpaired) electrons. The van der Waals surface area contributed by atoms with Crippen molar-refractivity contribution in [2.24, 2.45) is 0 Å². The number of unbranched alkanes of at least 4 members (excludes halogenated alkanes) is 1. The lowest BCUT2D eigenvalue weighted by atomic mass is 10.1. The van der Waals surface area contributed by atoms with Crippen LogP contribution in [0.4, 0.5) is 10.1 Å². The highest BCUT2D eigenvalue weighted by Gasteiger charge is 2.21. The van der Waals surface area contributed by atoms with Gasteiger partial charge in [0.05, 0.1) is 21.9 Å². The van der Waals surface area contributed by atoms with E-state index in [2.05, 4.69) is 31.7 Å². The second-order valence-electron chi connectivity index (χ2n) is 5.55. The third kappa shape index (κ3) is 4.36. The Kier molecular flexibility index (Phi) is 5.32. The zero-order valence-electron chi connectivity index (χ0n) is 13.2. The van der Waals surface area contributed by atoms with E-state index in [0.29, 0.717) is 12.2 Å². The Hall–Kier alpha value is -2.42. The predicted molar refractivity (Wildman–Crippen MR) is 92.0 cm³/mol. The minimum Gasteiger partial charge on any atom is -0.481 e. The molecule has 0 atom stereocenters. The van der Waals surface area contributed by atoms with Gasteiger partial charge >= 0.3 is 0 Å². The highest BCUT2D eigenvalue weighted by Crippen LogP contribution is 2.30. The van der Waals surface area contributed by atoms with Crippen molar-refractivity contribution in [2.75, 3.05) is 18.5 Å². The SMILES string of the molecule is O=C1COc2cc(F)c(C(=O)NCCCCn3cc(Br)cn3)cc2N1. The Morgan fingerprint density at radius 2 is 2.28 bits per heavy atom. The molecule has 0 saturated heterocycles. The molecule has 1 aromatic carbocycles. The average Bonchev–Trinajstić information content (AvgIpc) is 2.99. The van der Waals surface area contributed by atoms with E-state index in [1.165, 1.54) is 6.07 Å². The van der Waals surface area contributed by atoms with Crippen molar-refractivity contribution in [2.45, 2.75) is 19.4 Å². The molecule has 132 valence electrons. The van der Waals surface area contributed by atoms with Gasteiger partial charge in [0, 0.05) is 25.4 Å². The summed E-state index contributed by atoms with van der Waals surface area (Å²) in [4.78, 5) is 23.5. The van der Waals surface area contributed by atoms with Crippen LogP contribution in [-0.4, -0.2) is 34.7 Å². The number of hydrogen-bond donors (Lipinski definition) is 2. The molecular weight excluding hydrogens is 395 g/mol. The maximum Gasteiger partial charge on any atom is 0.262 e. The Bertz CT molecular complexity index is 809. The maximum atomic E-state index is 14.1. The first-order chi connectivity index (χ1) is 12.0. The molecule has 1 aliphatic rings. The maximum absolute atomic E-state index is 14.1. The second kappa shape index (κ2) is 7.64. The number of hydrogen-bond acceptors (Lipinski definition) is 4. The van der Waals surface area contributed by atoms with Gasteiger partial charge in [-0.25, -0.2) is 4.39 Å². The molecule has 0 unspecified atom stereocenters. The van der Waals surface area contributed by atoms with E-state index in [0.717, 1.165) is 29.9 Å². The van der Waals surface area contributed by atoms with Gasteiger partial charge in [-0.15, -0.1) is 0 Å². The fourth-order valence-electron chi connectivity index (χ4n) is 2.43. The zero-order valence-corrected chi connectivity index (χ0v) is 14.8.